The van der Waals surface area contributed by atoms with E-state index in [1.807, 2.05) is 10.8 Å². The summed E-state index contributed by atoms with van der Waals surface area (Å²) in [7, 11) is 0. The molecule has 1 heterocycles. The molecule has 0 aliphatic rings. The normalized spacial score (nSPS) is 10.7. The van der Waals surface area contributed by atoms with Gasteiger partial charge in [-0.25, -0.2) is 4.98 Å². The van der Waals surface area contributed by atoms with Crippen molar-refractivity contribution in [3.63, 3.8) is 0 Å². The standard InChI is InChI=1S/C13H17N3/c1-4-16-12(8-15-13(16)14)11-6-5-9(2)7-10(11)3/h5-8H,4H2,1-3H3,(H2,14,15). The fourth-order valence-corrected chi connectivity index (χ4v) is 2.04. The van der Waals surface area contributed by atoms with Crippen molar-refractivity contribution in [2.75, 3.05) is 5.73 Å². The molecule has 2 N–H and O–H groups in total. The molecule has 0 radical (unpaired) electrons. The maximum absolute atomic E-state index is 5.82. The summed E-state index contributed by atoms with van der Waals surface area (Å²) in [5.41, 5.74) is 10.7. The number of nitrogens with zero attached hydrogens (tertiary/aromatic N) is 2. The van der Waals surface area contributed by atoms with E-state index in [0.29, 0.717) is 5.95 Å². The SMILES string of the molecule is CCn1c(-c2ccc(C)cc2C)cnc1N. The first-order valence-corrected chi connectivity index (χ1v) is 5.52. The Morgan fingerprint density at radius 3 is 2.69 bits per heavy atom. The fraction of sp³-hybridized carbons (Fsp3) is 0.308. The van der Waals surface area contributed by atoms with Crippen LogP contribution in [0.3, 0.4) is 0 Å². The van der Waals surface area contributed by atoms with Crippen LogP contribution in [0.2, 0.25) is 0 Å². The van der Waals surface area contributed by atoms with E-state index < -0.39 is 0 Å². The molecule has 3 nitrogen and oxygen atoms in total. The van der Waals surface area contributed by atoms with Gasteiger partial charge in [0.05, 0.1) is 11.9 Å². The zero-order chi connectivity index (χ0) is 11.7. The topological polar surface area (TPSA) is 43.8 Å². The highest BCUT2D eigenvalue weighted by molar-refractivity contribution is 5.65. The van der Waals surface area contributed by atoms with Gasteiger partial charge in [-0.15, -0.1) is 0 Å². The van der Waals surface area contributed by atoms with Gasteiger partial charge in [0.2, 0.25) is 5.95 Å². The molecule has 84 valence electrons. The number of aromatic nitrogens is 2. The van der Waals surface area contributed by atoms with Gasteiger partial charge >= 0.3 is 0 Å². The number of hydrogen-bond donors (Lipinski definition) is 1. The summed E-state index contributed by atoms with van der Waals surface area (Å²) in [6.07, 6.45) is 1.84. The molecule has 1 aromatic heterocycles. The molecular formula is C13H17N3. The van der Waals surface area contributed by atoms with Crippen LogP contribution in [-0.4, -0.2) is 9.55 Å². The van der Waals surface area contributed by atoms with Crippen molar-refractivity contribution >= 4 is 5.95 Å². The summed E-state index contributed by atoms with van der Waals surface area (Å²) in [5.74, 6) is 0.581. The molecule has 0 saturated carbocycles. The summed E-state index contributed by atoms with van der Waals surface area (Å²) in [5, 5.41) is 0. The summed E-state index contributed by atoms with van der Waals surface area (Å²) in [6, 6.07) is 6.43. The average molecular weight is 215 g/mol. The summed E-state index contributed by atoms with van der Waals surface area (Å²) < 4.78 is 2.03. The molecule has 0 atom stereocenters. The van der Waals surface area contributed by atoms with Gasteiger partial charge in [-0.05, 0) is 26.3 Å². The first-order chi connectivity index (χ1) is 7.63. The minimum absolute atomic E-state index is 0.581. The third kappa shape index (κ3) is 1.69. The lowest BCUT2D eigenvalue weighted by Gasteiger charge is -2.10. The van der Waals surface area contributed by atoms with Gasteiger partial charge in [-0.3, -0.25) is 0 Å². The van der Waals surface area contributed by atoms with Gasteiger partial charge in [-0.1, -0.05) is 23.8 Å². The van der Waals surface area contributed by atoms with E-state index in [2.05, 4.69) is 44.0 Å². The summed E-state index contributed by atoms with van der Waals surface area (Å²) in [6.45, 7) is 7.13. The van der Waals surface area contributed by atoms with Crippen molar-refractivity contribution in [1.29, 1.82) is 0 Å². The minimum atomic E-state index is 0.581. The minimum Gasteiger partial charge on any atom is -0.369 e. The van der Waals surface area contributed by atoms with Crippen molar-refractivity contribution in [3.05, 3.63) is 35.5 Å². The lowest BCUT2D eigenvalue weighted by molar-refractivity contribution is 0.781. The number of imidazole rings is 1. The monoisotopic (exact) mass is 215 g/mol. The Bertz CT molecular complexity index is 512. The molecule has 2 rings (SSSR count). The molecule has 0 aliphatic heterocycles. The smallest absolute Gasteiger partial charge is 0.200 e. The quantitative estimate of drug-likeness (QED) is 0.837. The predicted molar refractivity (Wildman–Crippen MR) is 67.2 cm³/mol. The largest absolute Gasteiger partial charge is 0.369 e. The second kappa shape index (κ2) is 4.00. The highest BCUT2D eigenvalue weighted by Crippen LogP contribution is 2.25. The number of benzene rings is 1. The maximum Gasteiger partial charge on any atom is 0.200 e. The maximum atomic E-state index is 5.82. The highest BCUT2D eigenvalue weighted by Gasteiger charge is 2.09. The van der Waals surface area contributed by atoms with Crippen LogP contribution in [0.15, 0.2) is 24.4 Å². The highest BCUT2D eigenvalue weighted by atomic mass is 15.1. The van der Waals surface area contributed by atoms with Gasteiger partial charge in [-0.2, -0.15) is 0 Å². The van der Waals surface area contributed by atoms with E-state index in [4.69, 9.17) is 5.73 Å². The van der Waals surface area contributed by atoms with Crippen molar-refractivity contribution in [1.82, 2.24) is 9.55 Å². The molecule has 0 fully saturated rings. The van der Waals surface area contributed by atoms with Crippen LogP contribution >= 0.6 is 0 Å². The van der Waals surface area contributed by atoms with Crippen LogP contribution in [-0.2, 0) is 6.54 Å². The number of nitrogens with two attached hydrogens (primary N) is 1. The number of aryl methyl sites for hydroxylation is 2. The molecule has 0 unspecified atom stereocenters. The van der Waals surface area contributed by atoms with E-state index in [1.165, 1.54) is 16.7 Å². The van der Waals surface area contributed by atoms with Crippen LogP contribution in [0.1, 0.15) is 18.1 Å². The van der Waals surface area contributed by atoms with Gasteiger partial charge in [0.15, 0.2) is 0 Å². The summed E-state index contributed by atoms with van der Waals surface area (Å²) >= 11 is 0. The fourth-order valence-electron chi connectivity index (χ4n) is 2.04. The third-order valence-electron chi connectivity index (χ3n) is 2.86. The Morgan fingerprint density at radius 2 is 2.06 bits per heavy atom. The van der Waals surface area contributed by atoms with Gasteiger partial charge < -0.3 is 10.3 Å². The van der Waals surface area contributed by atoms with E-state index >= 15 is 0 Å². The zero-order valence-corrected chi connectivity index (χ0v) is 9.99. The van der Waals surface area contributed by atoms with Gasteiger partial charge in [0.25, 0.3) is 0 Å². The lowest BCUT2D eigenvalue weighted by Crippen LogP contribution is -2.03. The van der Waals surface area contributed by atoms with Crippen LogP contribution in [0, 0.1) is 13.8 Å². The molecule has 16 heavy (non-hydrogen) atoms. The lowest BCUT2D eigenvalue weighted by atomic mass is 10.0. The summed E-state index contributed by atoms with van der Waals surface area (Å²) in [4.78, 5) is 4.17. The molecule has 0 bridgehead atoms. The van der Waals surface area contributed by atoms with Crippen LogP contribution in [0.25, 0.3) is 11.3 Å². The molecule has 2 aromatic rings. The number of anilines is 1. The average Bonchev–Trinajstić information content (AvgIpc) is 2.59. The van der Waals surface area contributed by atoms with Crippen molar-refractivity contribution in [2.45, 2.75) is 27.3 Å². The van der Waals surface area contributed by atoms with E-state index in [1.54, 1.807) is 0 Å². The Kier molecular flexibility index (Phi) is 2.69. The van der Waals surface area contributed by atoms with E-state index in [9.17, 15) is 0 Å². The van der Waals surface area contributed by atoms with E-state index in [-0.39, 0.29) is 0 Å². The van der Waals surface area contributed by atoms with Gasteiger partial charge in [0.1, 0.15) is 0 Å². The van der Waals surface area contributed by atoms with Crippen LogP contribution in [0.4, 0.5) is 5.95 Å². The van der Waals surface area contributed by atoms with Crippen LogP contribution in [0.5, 0.6) is 0 Å². The molecule has 0 aliphatic carbocycles. The molecule has 3 heteroatoms. The third-order valence-corrected chi connectivity index (χ3v) is 2.86. The number of rotatable bonds is 2. The van der Waals surface area contributed by atoms with Crippen LogP contribution < -0.4 is 5.73 Å². The number of hydrogen-bond acceptors (Lipinski definition) is 2. The Morgan fingerprint density at radius 1 is 1.31 bits per heavy atom. The molecule has 1 aromatic carbocycles. The van der Waals surface area contributed by atoms with Crippen molar-refractivity contribution < 1.29 is 0 Å². The van der Waals surface area contributed by atoms with Crippen molar-refractivity contribution in [3.8, 4) is 11.3 Å². The molecule has 0 spiro atoms. The first-order valence-electron chi connectivity index (χ1n) is 5.52. The molecule has 0 saturated heterocycles. The second-order valence-corrected chi connectivity index (χ2v) is 4.06. The first kappa shape index (κ1) is 10.7. The van der Waals surface area contributed by atoms with E-state index in [0.717, 1.165) is 12.2 Å². The zero-order valence-electron chi connectivity index (χ0n) is 9.99. The predicted octanol–water partition coefficient (Wildman–Crippen LogP) is 2.77. The second-order valence-electron chi connectivity index (χ2n) is 4.06. The Hall–Kier alpha value is -1.77. The Balaban J connectivity index is 2.58. The Labute approximate surface area is 95.9 Å². The molecular weight excluding hydrogens is 198 g/mol. The number of nitrogen functional groups attached to an aromatic ring is 1. The van der Waals surface area contributed by atoms with Gasteiger partial charge in [0, 0.05) is 12.1 Å². The molecule has 0 amide bonds. The van der Waals surface area contributed by atoms with Crippen molar-refractivity contribution in [2.24, 2.45) is 0 Å².